The molecule has 0 spiro atoms. The number of hydrogen-bond acceptors (Lipinski definition) is 4. The van der Waals surface area contributed by atoms with Crippen molar-refractivity contribution in [2.45, 2.75) is 51.2 Å². The predicted octanol–water partition coefficient (Wildman–Crippen LogP) is 0.223. The third-order valence-corrected chi connectivity index (χ3v) is 4.47. The Morgan fingerprint density at radius 3 is 2.52 bits per heavy atom. The first-order valence-electron chi connectivity index (χ1n) is 7.85. The number of methoxy groups -OCH3 is 1. The third kappa shape index (κ3) is 3.95. The first-order valence-corrected chi connectivity index (χ1v) is 7.85. The fraction of sp³-hybridized carbons (Fsp3) is 0.867. The molecule has 120 valence electrons. The van der Waals surface area contributed by atoms with Crippen molar-refractivity contribution in [3.8, 4) is 0 Å². The van der Waals surface area contributed by atoms with E-state index in [1.54, 1.807) is 7.11 Å². The molecule has 0 aromatic rings. The number of rotatable bonds is 5. The van der Waals surface area contributed by atoms with Crippen LogP contribution in [0.5, 0.6) is 0 Å². The molecular formula is C15H27N3O3. The van der Waals surface area contributed by atoms with Gasteiger partial charge in [0.15, 0.2) is 0 Å². The Kier molecular flexibility index (Phi) is 5.58. The van der Waals surface area contributed by atoms with Gasteiger partial charge in [-0.15, -0.1) is 0 Å². The van der Waals surface area contributed by atoms with E-state index in [1.165, 1.54) is 0 Å². The molecule has 21 heavy (non-hydrogen) atoms. The normalized spacial score (nSPS) is 30.5. The van der Waals surface area contributed by atoms with E-state index in [0.29, 0.717) is 24.9 Å². The van der Waals surface area contributed by atoms with Gasteiger partial charge in [0.2, 0.25) is 11.8 Å². The molecule has 3 unspecified atom stereocenters. The number of ether oxygens (including phenoxy) is 1. The van der Waals surface area contributed by atoms with Crippen LogP contribution in [0.4, 0.5) is 0 Å². The van der Waals surface area contributed by atoms with Gasteiger partial charge in [0.25, 0.3) is 0 Å². The van der Waals surface area contributed by atoms with Gasteiger partial charge in [0.05, 0.1) is 0 Å². The number of hydrogen-bond donors (Lipinski definition) is 1. The van der Waals surface area contributed by atoms with Crippen molar-refractivity contribution in [1.29, 1.82) is 0 Å². The quantitative estimate of drug-likeness (QED) is 0.738. The molecule has 1 N–H and O–H groups in total. The molecule has 2 rings (SSSR count). The number of amides is 2. The van der Waals surface area contributed by atoms with Gasteiger partial charge >= 0.3 is 0 Å². The monoisotopic (exact) mass is 297 g/mol. The molecule has 0 aromatic carbocycles. The largest absolute Gasteiger partial charge is 0.385 e. The zero-order chi connectivity index (χ0) is 15.4. The number of nitrogens with zero attached hydrogens (tertiary/aromatic N) is 2. The highest BCUT2D eigenvalue weighted by molar-refractivity contribution is 5.90. The van der Waals surface area contributed by atoms with Gasteiger partial charge in [-0.25, -0.2) is 0 Å². The van der Waals surface area contributed by atoms with Crippen molar-refractivity contribution in [2.24, 2.45) is 0 Å². The SMILES string of the molecule is COCCCN1C(C)CN(C(=O)C2CCC(=O)N2)CC1C. The Labute approximate surface area is 126 Å². The Hall–Kier alpha value is -1.14. The van der Waals surface area contributed by atoms with E-state index in [1.807, 2.05) is 4.90 Å². The number of piperazine rings is 1. The standard InChI is InChI=1S/C15H27N3O3/c1-11-9-17(15(20)13-5-6-14(19)16-13)10-12(2)18(11)7-4-8-21-3/h11-13H,4-10H2,1-3H3,(H,16,19). The lowest BCUT2D eigenvalue weighted by Crippen LogP contribution is -2.60. The van der Waals surface area contributed by atoms with Crippen molar-refractivity contribution < 1.29 is 14.3 Å². The molecule has 2 saturated heterocycles. The smallest absolute Gasteiger partial charge is 0.245 e. The molecule has 0 saturated carbocycles. The van der Waals surface area contributed by atoms with Gasteiger partial charge in [0.1, 0.15) is 6.04 Å². The second-order valence-electron chi connectivity index (χ2n) is 6.18. The molecule has 2 fully saturated rings. The highest BCUT2D eigenvalue weighted by atomic mass is 16.5. The minimum absolute atomic E-state index is 0.00681. The van der Waals surface area contributed by atoms with Crippen molar-refractivity contribution in [3.05, 3.63) is 0 Å². The summed E-state index contributed by atoms with van der Waals surface area (Å²) >= 11 is 0. The van der Waals surface area contributed by atoms with E-state index in [2.05, 4.69) is 24.1 Å². The highest BCUT2D eigenvalue weighted by Gasteiger charge is 2.36. The molecule has 6 nitrogen and oxygen atoms in total. The van der Waals surface area contributed by atoms with E-state index < -0.39 is 0 Å². The van der Waals surface area contributed by atoms with E-state index in [0.717, 1.165) is 32.7 Å². The lowest BCUT2D eigenvalue weighted by molar-refractivity contribution is -0.138. The van der Waals surface area contributed by atoms with Gasteiger partial charge < -0.3 is 15.0 Å². The Morgan fingerprint density at radius 2 is 2.00 bits per heavy atom. The maximum absolute atomic E-state index is 12.5. The van der Waals surface area contributed by atoms with Gasteiger partial charge in [-0.05, 0) is 26.7 Å². The summed E-state index contributed by atoms with van der Waals surface area (Å²) in [6.45, 7) is 7.57. The van der Waals surface area contributed by atoms with Crippen molar-refractivity contribution >= 4 is 11.8 Å². The number of nitrogens with one attached hydrogen (secondary N) is 1. The highest BCUT2D eigenvalue weighted by Crippen LogP contribution is 2.19. The summed E-state index contributed by atoms with van der Waals surface area (Å²) in [4.78, 5) is 28.1. The van der Waals surface area contributed by atoms with Crippen LogP contribution >= 0.6 is 0 Å². The molecule has 0 bridgehead atoms. The zero-order valence-electron chi connectivity index (χ0n) is 13.3. The summed E-state index contributed by atoms with van der Waals surface area (Å²) < 4.78 is 5.11. The molecule has 0 aromatic heterocycles. The molecule has 2 aliphatic heterocycles. The van der Waals surface area contributed by atoms with Crippen LogP contribution in [0.2, 0.25) is 0 Å². The van der Waals surface area contributed by atoms with E-state index in [-0.39, 0.29) is 17.9 Å². The molecule has 6 heteroatoms. The van der Waals surface area contributed by atoms with Crippen LogP contribution in [0.1, 0.15) is 33.1 Å². The van der Waals surface area contributed by atoms with Gasteiger partial charge in [0, 0.05) is 51.9 Å². The summed E-state index contributed by atoms with van der Waals surface area (Å²) in [5, 5.41) is 2.77. The first-order chi connectivity index (χ1) is 10.0. The van der Waals surface area contributed by atoms with Crippen LogP contribution in [-0.4, -0.2) is 73.1 Å². The fourth-order valence-electron chi connectivity index (χ4n) is 3.39. The van der Waals surface area contributed by atoms with E-state index in [4.69, 9.17) is 4.74 Å². The van der Waals surface area contributed by atoms with Crippen molar-refractivity contribution in [3.63, 3.8) is 0 Å². The Morgan fingerprint density at radius 1 is 1.33 bits per heavy atom. The Balaban J connectivity index is 1.88. The molecule has 2 amide bonds. The van der Waals surface area contributed by atoms with Crippen LogP contribution in [0.25, 0.3) is 0 Å². The van der Waals surface area contributed by atoms with E-state index >= 15 is 0 Å². The lowest BCUT2D eigenvalue weighted by atomic mass is 10.1. The Bertz CT molecular complexity index is 376. The fourth-order valence-corrected chi connectivity index (χ4v) is 3.39. The summed E-state index contributed by atoms with van der Waals surface area (Å²) in [6.07, 6.45) is 2.12. The summed E-state index contributed by atoms with van der Waals surface area (Å²) in [6, 6.07) is 0.371. The molecule has 3 atom stereocenters. The van der Waals surface area contributed by atoms with Crippen LogP contribution in [0, 0.1) is 0 Å². The molecule has 2 aliphatic rings. The average molecular weight is 297 g/mol. The number of carbonyl (C=O) groups excluding carboxylic acids is 2. The predicted molar refractivity (Wildman–Crippen MR) is 79.9 cm³/mol. The van der Waals surface area contributed by atoms with Crippen molar-refractivity contribution in [1.82, 2.24) is 15.1 Å². The zero-order valence-corrected chi connectivity index (χ0v) is 13.3. The molecule has 0 radical (unpaired) electrons. The van der Waals surface area contributed by atoms with Gasteiger partial charge in [-0.3, -0.25) is 14.5 Å². The van der Waals surface area contributed by atoms with Crippen LogP contribution in [0.15, 0.2) is 0 Å². The molecule has 0 aliphatic carbocycles. The minimum atomic E-state index is -0.308. The van der Waals surface area contributed by atoms with Crippen molar-refractivity contribution in [2.75, 3.05) is 33.4 Å². The van der Waals surface area contributed by atoms with Gasteiger partial charge in [-0.2, -0.15) is 0 Å². The van der Waals surface area contributed by atoms with E-state index in [9.17, 15) is 9.59 Å². The summed E-state index contributed by atoms with van der Waals surface area (Å²) in [7, 11) is 1.72. The maximum Gasteiger partial charge on any atom is 0.245 e. The van der Waals surface area contributed by atoms with Crippen LogP contribution < -0.4 is 5.32 Å². The number of carbonyl (C=O) groups is 2. The lowest BCUT2D eigenvalue weighted by Gasteiger charge is -2.45. The minimum Gasteiger partial charge on any atom is -0.385 e. The summed E-state index contributed by atoms with van der Waals surface area (Å²) in [5.74, 6) is 0.0729. The second kappa shape index (κ2) is 7.22. The maximum atomic E-state index is 12.5. The average Bonchev–Trinajstić information content (AvgIpc) is 2.87. The van der Waals surface area contributed by atoms with Crippen LogP contribution in [-0.2, 0) is 14.3 Å². The molecular weight excluding hydrogens is 270 g/mol. The third-order valence-electron chi connectivity index (χ3n) is 4.47. The van der Waals surface area contributed by atoms with Crippen LogP contribution in [0.3, 0.4) is 0 Å². The summed E-state index contributed by atoms with van der Waals surface area (Å²) in [5.41, 5.74) is 0. The molecule has 2 heterocycles. The second-order valence-corrected chi connectivity index (χ2v) is 6.18. The topological polar surface area (TPSA) is 61.9 Å². The first kappa shape index (κ1) is 16.2. The van der Waals surface area contributed by atoms with Gasteiger partial charge in [-0.1, -0.05) is 0 Å².